The number of likely N-dealkylation sites (tertiary alicyclic amines) is 1. The zero-order valence-corrected chi connectivity index (χ0v) is 18.2. The lowest BCUT2D eigenvalue weighted by molar-refractivity contribution is 0.100. The van der Waals surface area contributed by atoms with Crippen LogP contribution in [0.15, 0.2) is 36.4 Å². The van der Waals surface area contributed by atoms with E-state index in [4.69, 9.17) is 17.3 Å². The Morgan fingerprint density at radius 1 is 1.23 bits per heavy atom. The van der Waals surface area contributed by atoms with Crippen molar-refractivity contribution in [1.29, 1.82) is 0 Å². The maximum absolute atomic E-state index is 14.8. The van der Waals surface area contributed by atoms with E-state index in [2.05, 4.69) is 0 Å². The van der Waals surface area contributed by atoms with Gasteiger partial charge in [0.15, 0.2) is 11.6 Å². The number of carbonyl (C=O) groups excluding carboxylic acids is 2. The fourth-order valence-corrected chi connectivity index (χ4v) is 3.77. The van der Waals surface area contributed by atoms with Gasteiger partial charge >= 0.3 is 6.03 Å². The zero-order valence-electron chi connectivity index (χ0n) is 17.4. The lowest BCUT2D eigenvalue weighted by atomic mass is 10.1. The number of Topliss-reactive ketones (excluding diaryl/α,β-unsaturated/α-hetero) is 1. The molecule has 0 saturated carbocycles. The van der Waals surface area contributed by atoms with Crippen molar-refractivity contribution in [2.24, 2.45) is 5.73 Å². The zero-order chi connectivity index (χ0) is 22.7. The first kappa shape index (κ1) is 23.1. The van der Waals surface area contributed by atoms with Gasteiger partial charge in [-0.25, -0.2) is 13.6 Å². The molecule has 0 unspecified atom stereocenters. The third-order valence-electron chi connectivity index (χ3n) is 5.51. The van der Waals surface area contributed by atoms with Crippen LogP contribution in [0, 0.1) is 11.6 Å². The molecule has 6 nitrogen and oxygen atoms in total. The highest BCUT2D eigenvalue weighted by atomic mass is 35.5. The van der Waals surface area contributed by atoms with Gasteiger partial charge in [0.25, 0.3) is 0 Å². The standard InChI is InChI=1S/C22H25ClF2N4O2/c1-27(2)16-8-9-28(13-16)22(31)29(19-5-3-4-17(23)21(19)25)12-15-7-6-14(10-18(15)24)20(30)11-26/h3-7,10,16H,8-9,11-13,26H2,1-2H3/t16-/m1/s1. The van der Waals surface area contributed by atoms with Gasteiger partial charge in [0.1, 0.15) is 5.82 Å². The molecule has 1 heterocycles. The molecule has 0 spiro atoms. The molecule has 2 amide bonds. The van der Waals surface area contributed by atoms with Crippen molar-refractivity contribution in [3.63, 3.8) is 0 Å². The van der Waals surface area contributed by atoms with Crippen LogP contribution in [0.1, 0.15) is 22.3 Å². The second kappa shape index (κ2) is 9.72. The van der Waals surface area contributed by atoms with Gasteiger partial charge < -0.3 is 15.5 Å². The molecule has 3 rings (SSSR count). The van der Waals surface area contributed by atoms with Crippen LogP contribution >= 0.6 is 11.6 Å². The molecule has 0 aromatic heterocycles. The normalized spacial score (nSPS) is 16.1. The van der Waals surface area contributed by atoms with E-state index in [1.807, 2.05) is 19.0 Å². The maximum atomic E-state index is 14.8. The Bertz CT molecular complexity index is 986. The van der Waals surface area contributed by atoms with E-state index in [0.717, 1.165) is 12.5 Å². The Morgan fingerprint density at radius 2 is 1.97 bits per heavy atom. The monoisotopic (exact) mass is 450 g/mol. The second-order valence-electron chi connectivity index (χ2n) is 7.73. The number of amides is 2. The molecule has 1 aliphatic rings. The third-order valence-corrected chi connectivity index (χ3v) is 5.80. The van der Waals surface area contributed by atoms with Crippen LogP contribution in [-0.4, -0.2) is 61.4 Å². The molecule has 1 aliphatic heterocycles. The van der Waals surface area contributed by atoms with Crippen LogP contribution in [-0.2, 0) is 6.54 Å². The van der Waals surface area contributed by atoms with E-state index in [0.29, 0.717) is 13.1 Å². The number of nitrogens with two attached hydrogens (primary N) is 1. The van der Waals surface area contributed by atoms with Crippen molar-refractivity contribution in [2.75, 3.05) is 38.6 Å². The fourth-order valence-electron chi connectivity index (χ4n) is 3.60. The van der Waals surface area contributed by atoms with Crippen molar-refractivity contribution in [1.82, 2.24) is 9.80 Å². The minimum absolute atomic E-state index is 0.0349. The molecule has 2 aromatic rings. The summed E-state index contributed by atoms with van der Waals surface area (Å²) >= 11 is 5.94. The first-order valence-corrected chi connectivity index (χ1v) is 10.3. The van der Waals surface area contributed by atoms with Gasteiger partial charge in [-0.2, -0.15) is 0 Å². The molecule has 1 saturated heterocycles. The van der Waals surface area contributed by atoms with Gasteiger partial charge in [-0.15, -0.1) is 0 Å². The van der Waals surface area contributed by atoms with E-state index in [1.165, 1.54) is 35.2 Å². The summed E-state index contributed by atoms with van der Waals surface area (Å²) in [4.78, 5) is 29.9. The topological polar surface area (TPSA) is 69.9 Å². The highest BCUT2D eigenvalue weighted by molar-refractivity contribution is 6.31. The smallest absolute Gasteiger partial charge is 0.324 e. The maximum Gasteiger partial charge on any atom is 0.324 e. The van der Waals surface area contributed by atoms with Crippen LogP contribution in [0.5, 0.6) is 0 Å². The van der Waals surface area contributed by atoms with Crippen LogP contribution in [0.3, 0.4) is 0 Å². The van der Waals surface area contributed by atoms with Gasteiger partial charge in [-0.3, -0.25) is 9.69 Å². The molecule has 31 heavy (non-hydrogen) atoms. The van der Waals surface area contributed by atoms with Crippen molar-refractivity contribution in [3.8, 4) is 0 Å². The number of likely N-dealkylation sites (N-methyl/N-ethyl adjacent to an activating group) is 1. The SMILES string of the molecule is CN(C)[C@@H]1CCN(C(=O)N(Cc2ccc(C(=O)CN)cc2F)c2cccc(Cl)c2F)C1. The Morgan fingerprint density at radius 3 is 2.58 bits per heavy atom. The second-order valence-corrected chi connectivity index (χ2v) is 8.13. The van der Waals surface area contributed by atoms with E-state index < -0.39 is 23.4 Å². The van der Waals surface area contributed by atoms with Crippen molar-refractivity contribution >= 4 is 29.1 Å². The summed E-state index contributed by atoms with van der Waals surface area (Å²) in [6.07, 6.45) is 0.787. The van der Waals surface area contributed by atoms with Gasteiger partial charge in [0.05, 0.1) is 23.8 Å². The summed E-state index contributed by atoms with van der Waals surface area (Å²) in [5.41, 5.74) is 5.58. The number of hydrogen-bond donors (Lipinski definition) is 1. The number of carbonyl (C=O) groups is 2. The largest absolute Gasteiger partial charge is 0.324 e. The molecular weight excluding hydrogens is 426 g/mol. The lowest BCUT2D eigenvalue weighted by Crippen LogP contribution is -2.43. The van der Waals surface area contributed by atoms with E-state index >= 15 is 0 Å². The first-order chi connectivity index (χ1) is 14.7. The lowest BCUT2D eigenvalue weighted by Gasteiger charge is -2.29. The Labute approximate surface area is 185 Å². The van der Waals surface area contributed by atoms with Crippen molar-refractivity contribution in [3.05, 3.63) is 64.2 Å². The van der Waals surface area contributed by atoms with Gasteiger partial charge in [-0.1, -0.05) is 29.8 Å². The minimum Gasteiger partial charge on any atom is -0.324 e. The number of benzene rings is 2. The molecule has 0 aliphatic carbocycles. The summed E-state index contributed by atoms with van der Waals surface area (Å²) < 4.78 is 29.6. The first-order valence-electron chi connectivity index (χ1n) is 9.91. The van der Waals surface area contributed by atoms with E-state index in [9.17, 15) is 18.4 Å². The number of hydrogen-bond acceptors (Lipinski definition) is 4. The predicted octanol–water partition coefficient (Wildman–Crippen LogP) is 3.52. The average Bonchev–Trinajstić information content (AvgIpc) is 3.25. The molecule has 1 fully saturated rings. The van der Waals surface area contributed by atoms with Gasteiger partial charge in [-0.05, 0) is 38.7 Å². The highest BCUT2D eigenvalue weighted by Gasteiger charge is 2.32. The molecule has 1 atom stereocenters. The number of nitrogens with zero attached hydrogens (tertiary/aromatic N) is 3. The number of urea groups is 1. The average molecular weight is 451 g/mol. The van der Waals surface area contributed by atoms with E-state index in [1.54, 1.807) is 4.90 Å². The van der Waals surface area contributed by atoms with Crippen molar-refractivity contribution < 1.29 is 18.4 Å². The molecule has 0 radical (unpaired) electrons. The summed E-state index contributed by atoms with van der Waals surface area (Å²) in [7, 11) is 3.87. The van der Waals surface area contributed by atoms with Crippen molar-refractivity contribution in [2.45, 2.75) is 19.0 Å². The van der Waals surface area contributed by atoms with E-state index in [-0.39, 0.29) is 41.0 Å². The molecule has 2 aromatic carbocycles. The number of anilines is 1. The Kier molecular flexibility index (Phi) is 7.25. The molecule has 166 valence electrons. The fraction of sp³-hybridized carbons (Fsp3) is 0.364. The van der Waals surface area contributed by atoms with Crippen LogP contribution in [0.4, 0.5) is 19.3 Å². The summed E-state index contributed by atoms with van der Waals surface area (Å²) in [5.74, 6) is -1.82. The predicted molar refractivity (Wildman–Crippen MR) is 116 cm³/mol. The van der Waals surface area contributed by atoms with Crippen LogP contribution in [0.25, 0.3) is 0 Å². The molecule has 2 N–H and O–H groups in total. The highest BCUT2D eigenvalue weighted by Crippen LogP contribution is 2.29. The summed E-state index contributed by atoms with van der Waals surface area (Å²) in [6, 6.07) is 8.04. The Hall–Kier alpha value is -2.55. The number of rotatable bonds is 6. The van der Waals surface area contributed by atoms with Gasteiger partial charge in [0, 0.05) is 30.3 Å². The number of ketones is 1. The number of halogens is 3. The molecular formula is C22H25ClF2N4O2. The quantitative estimate of drug-likeness (QED) is 0.684. The van der Waals surface area contributed by atoms with Crippen LogP contribution in [0.2, 0.25) is 5.02 Å². The summed E-state index contributed by atoms with van der Waals surface area (Å²) in [5, 5.41) is -0.132. The summed E-state index contributed by atoms with van der Waals surface area (Å²) in [6.45, 7) is 0.533. The van der Waals surface area contributed by atoms with Crippen LogP contribution < -0.4 is 10.6 Å². The third kappa shape index (κ3) is 5.03. The molecule has 9 heteroatoms. The van der Waals surface area contributed by atoms with Gasteiger partial charge in [0.2, 0.25) is 0 Å². The molecule has 0 bridgehead atoms. The Balaban J connectivity index is 1.94. The minimum atomic E-state index is -0.754.